The Morgan fingerprint density at radius 3 is 2.73 bits per heavy atom. The third kappa shape index (κ3) is 2.18. The highest BCUT2D eigenvalue weighted by Crippen LogP contribution is 2.13. The third-order valence-corrected chi connectivity index (χ3v) is 2.11. The molecule has 0 aliphatic carbocycles. The lowest BCUT2D eigenvalue weighted by molar-refractivity contribution is 0.999. The van der Waals surface area contributed by atoms with Crippen molar-refractivity contribution in [1.29, 1.82) is 0 Å². The largest absolute Gasteiger partial charge is 0.368 e. The van der Waals surface area contributed by atoms with Gasteiger partial charge in [-0.25, -0.2) is 4.79 Å². The number of nitrogen functional groups attached to an aromatic ring is 1. The van der Waals surface area contributed by atoms with Gasteiger partial charge in [0.25, 0.3) is 0 Å². The summed E-state index contributed by atoms with van der Waals surface area (Å²) in [6.45, 7) is 0. The van der Waals surface area contributed by atoms with Gasteiger partial charge < -0.3 is 5.73 Å². The number of aromatic nitrogens is 4. The standard InChI is InChI=1S/C8H6BrN5O/c9-4-1-2-5(11-3-4)6-12-7(10)14-8(15)13-6/h1-3H,(H3,10,12,13,14,15). The fraction of sp³-hybridized carbons (Fsp3) is 0. The van der Waals surface area contributed by atoms with E-state index in [9.17, 15) is 4.79 Å². The molecule has 2 heterocycles. The summed E-state index contributed by atoms with van der Waals surface area (Å²) in [7, 11) is 0. The second-order valence-corrected chi connectivity index (χ2v) is 3.64. The van der Waals surface area contributed by atoms with Gasteiger partial charge in [0.15, 0.2) is 5.82 Å². The summed E-state index contributed by atoms with van der Waals surface area (Å²) in [5.74, 6) is 0.235. The zero-order valence-corrected chi connectivity index (χ0v) is 9.02. The number of anilines is 1. The number of pyridine rings is 1. The molecule has 2 aromatic heterocycles. The molecule has 6 nitrogen and oxygen atoms in total. The molecule has 0 saturated carbocycles. The van der Waals surface area contributed by atoms with Crippen molar-refractivity contribution in [2.24, 2.45) is 0 Å². The summed E-state index contributed by atoms with van der Waals surface area (Å²) in [6, 6.07) is 3.50. The molecule has 0 aliphatic rings. The molecule has 0 saturated heterocycles. The Kier molecular flexibility index (Phi) is 2.46. The van der Waals surface area contributed by atoms with Gasteiger partial charge in [-0.1, -0.05) is 0 Å². The van der Waals surface area contributed by atoms with E-state index in [-0.39, 0.29) is 5.95 Å². The van der Waals surface area contributed by atoms with Gasteiger partial charge in [-0.05, 0) is 28.1 Å². The lowest BCUT2D eigenvalue weighted by atomic mass is 10.3. The van der Waals surface area contributed by atoms with Crippen LogP contribution >= 0.6 is 15.9 Å². The highest BCUT2D eigenvalue weighted by Gasteiger charge is 2.03. The molecule has 7 heteroatoms. The number of hydrogen-bond donors (Lipinski definition) is 2. The molecule has 15 heavy (non-hydrogen) atoms. The molecular weight excluding hydrogens is 262 g/mol. The molecule has 0 aromatic carbocycles. The topological polar surface area (TPSA) is 97.5 Å². The minimum atomic E-state index is -0.540. The maximum atomic E-state index is 11.0. The summed E-state index contributed by atoms with van der Waals surface area (Å²) in [5.41, 5.74) is 5.34. The number of nitrogens with one attached hydrogen (secondary N) is 1. The van der Waals surface area contributed by atoms with Crippen LogP contribution in [0.2, 0.25) is 0 Å². The van der Waals surface area contributed by atoms with Gasteiger partial charge in [0.2, 0.25) is 5.95 Å². The Hall–Kier alpha value is -1.76. The summed E-state index contributed by atoms with van der Waals surface area (Å²) in [4.78, 5) is 24.8. The van der Waals surface area contributed by atoms with E-state index in [1.807, 2.05) is 0 Å². The molecule has 0 atom stereocenters. The zero-order valence-electron chi connectivity index (χ0n) is 7.44. The molecule has 0 fully saturated rings. The molecule has 0 radical (unpaired) electrons. The third-order valence-electron chi connectivity index (χ3n) is 1.64. The Bertz CT molecular complexity index is 535. The van der Waals surface area contributed by atoms with Crippen molar-refractivity contribution >= 4 is 21.9 Å². The van der Waals surface area contributed by atoms with Crippen LogP contribution in [0, 0.1) is 0 Å². The van der Waals surface area contributed by atoms with E-state index in [2.05, 4.69) is 35.9 Å². The summed E-state index contributed by atoms with van der Waals surface area (Å²) in [6.07, 6.45) is 1.60. The fourth-order valence-electron chi connectivity index (χ4n) is 1.04. The Morgan fingerprint density at radius 2 is 2.13 bits per heavy atom. The summed E-state index contributed by atoms with van der Waals surface area (Å²) in [5, 5.41) is 0. The quantitative estimate of drug-likeness (QED) is 0.788. The molecule has 76 valence electrons. The predicted molar refractivity (Wildman–Crippen MR) is 58.0 cm³/mol. The monoisotopic (exact) mass is 267 g/mol. The van der Waals surface area contributed by atoms with Gasteiger partial charge in [-0.3, -0.25) is 9.97 Å². The van der Waals surface area contributed by atoms with Crippen LogP contribution in [-0.2, 0) is 0 Å². The first-order chi connectivity index (χ1) is 7.15. The summed E-state index contributed by atoms with van der Waals surface area (Å²) < 4.78 is 0.843. The van der Waals surface area contributed by atoms with Gasteiger partial charge in [0, 0.05) is 10.7 Å². The number of hydrogen-bond acceptors (Lipinski definition) is 5. The van der Waals surface area contributed by atoms with Crippen LogP contribution < -0.4 is 11.4 Å². The average Bonchev–Trinajstić information content (AvgIpc) is 2.17. The Balaban J connectivity index is 2.54. The van der Waals surface area contributed by atoms with Crippen LogP contribution in [-0.4, -0.2) is 19.9 Å². The van der Waals surface area contributed by atoms with E-state index in [1.54, 1.807) is 18.3 Å². The SMILES string of the molecule is Nc1nc(-c2ccc(Br)cn2)[nH]c(=O)n1. The number of nitrogens with two attached hydrogens (primary N) is 1. The van der Waals surface area contributed by atoms with E-state index < -0.39 is 5.69 Å². The van der Waals surface area contributed by atoms with Crippen LogP contribution in [0.5, 0.6) is 0 Å². The molecule has 0 amide bonds. The zero-order chi connectivity index (χ0) is 10.8. The maximum Gasteiger partial charge on any atom is 0.349 e. The molecule has 3 N–H and O–H groups in total. The van der Waals surface area contributed by atoms with Gasteiger partial charge in [-0.2, -0.15) is 9.97 Å². The fourth-order valence-corrected chi connectivity index (χ4v) is 1.27. The first kappa shape index (κ1) is 9.78. The molecule has 0 spiro atoms. The second-order valence-electron chi connectivity index (χ2n) is 2.72. The molecule has 0 aliphatic heterocycles. The number of halogens is 1. The minimum Gasteiger partial charge on any atom is -0.368 e. The van der Waals surface area contributed by atoms with E-state index in [4.69, 9.17) is 5.73 Å². The van der Waals surface area contributed by atoms with E-state index in [0.29, 0.717) is 11.5 Å². The average molecular weight is 268 g/mol. The van der Waals surface area contributed by atoms with E-state index in [0.717, 1.165) is 4.47 Å². The lowest BCUT2D eigenvalue weighted by Crippen LogP contribution is -2.15. The van der Waals surface area contributed by atoms with Crippen molar-refractivity contribution in [1.82, 2.24) is 19.9 Å². The second kappa shape index (κ2) is 3.77. The highest BCUT2D eigenvalue weighted by molar-refractivity contribution is 9.10. The lowest BCUT2D eigenvalue weighted by Gasteiger charge is -1.99. The van der Waals surface area contributed by atoms with Gasteiger partial charge >= 0.3 is 5.69 Å². The first-order valence-electron chi connectivity index (χ1n) is 4.01. The molecule has 2 aromatic rings. The highest BCUT2D eigenvalue weighted by atomic mass is 79.9. The van der Waals surface area contributed by atoms with Crippen LogP contribution in [0.4, 0.5) is 5.95 Å². The van der Waals surface area contributed by atoms with Crippen molar-refractivity contribution < 1.29 is 0 Å². The number of nitrogens with zero attached hydrogens (tertiary/aromatic N) is 3. The van der Waals surface area contributed by atoms with Crippen molar-refractivity contribution in [2.45, 2.75) is 0 Å². The van der Waals surface area contributed by atoms with Crippen molar-refractivity contribution in [3.05, 3.63) is 33.3 Å². The molecule has 0 unspecified atom stereocenters. The number of rotatable bonds is 1. The van der Waals surface area contributed by atoms with Gasteiger partial charge in [-0.15, -0.1) is 0 Å². The first-order valence-corrected chi connectivity index (χ1v) is 4.80. The molecule has 2 rings (SSSR count). The summed E-state index contributed by atoms with van der Waals surface area (Å²) >= 11 is 3.26. The maximum absolute atomic E-state index is 11.0. The number of H-pyrrole nitrogens is 1. The van der Waals surface area contributed by atoms with Crippen molar-refractivity contribution in [2.75, 3.05) is 5.73 Å². The van der Waals surface area contributed by atoms with Gasteiger partial charge in [0.05, 0.1) is 0 Å². The molecular formula is C8H6BrN5O. The minimum absolute atomic E-state index is 0.0709. The molecule has 0 bridgehead atoms. The van der Waals surface area contributed by atoms with Crippen LogP contribution in [0.1, 0.15) is 0 Å². The van der Waals surface area contributed by atoms with Crippen molar-refractivity contribution in [3.63, 3.8) is 0 Å². The normalized spacial score (nSPS) is 10.2. The number of aromatic amines is 1. The van der Waals surface area contributed by atoms with Gasteiger partial charge in [0.1, 0.15) is 5.69 Å². The Labute approximate surface area is 92.7 Å². The Morgan fingerprint density at radius 1 is 1.33 bits per heavy atom. The van der Waals surface area contributed by atoms with Crippen LogP contribution in [0.15, 0.2) is 27.6 Å². The predicted octanol–water partition coefficient (Wildman–Crippen LogP) is 0.572. The van der Waals surface area contributed by atoms with Crippen molar-refractivity contribution in [3.8, 4) is 11.5 Å². The van der Waals surface area contributed by atoms with E-state index >= 15 is 0 Å². The van der Waals surface area contributed by atoms with E-state index in [1.165, 1.54) is 0 Å². The van der Waals surface area contributed by atoms with Crippen LogP contribution in [0.25, 0.3) is 11.5 Å². The smallest absolute Gasteiger partial charge is 0.349 e. The van der Waals surface area contributed by atoms with Crippen LogP contribution in [0.3, 0.4) is 0 Å².